The Morgan fingerprint density at radius 3 is 2.41 bits per heavy atom. The van der Waals surface area contributed by atoms with Crippen molar-refractivity contribution in [1.29, 1.82) is 0 Å². The summed E-state index contributed by atoms with van der Waals surface area (Å²) in [5.41, 5.74) is 7.74. The van der Waals surface area contributed by atoms with Gasteiger partial charge >= 0.3 is 0 Å². The van der Waals surface area contributed by atoms with E-state index in [0.29, 0.717) is 10.6 Å². The van der Waals surface area contributed by atoms with Crippen LogP contribution in [0.5, 0.6) is 0 Å². The summed E-state index contributed by atoms with van der Waals surface area (Å²) in [4.78, 5) is 0. The Balaban J connectivity index is 2.55. The first kappa shape index (κ1) is 12.0. The van der Waals surface area contributed by atoms with E-state index in [4.69, 9.17) is 17.3 Å². The first-order valence-electron chi connectivity index (χ1n) is 5.05. The van der Waals surface area contributed by atoms with E-state index in [9.17, 15) is 8.78 Å². The van der Waals surface area contributed by atoms with Gasteiger partial charge in [0, 0.05) is 11.6 Å². The molecule has 2 aromatic carbocycles. The SMILES string of the molecule is NCc1cc(Cl)ccc1-c1ccc(F)c(F)c1. The topological polar surface area (TPSA) is 26.0 Å². The maximum atomic E-state index is 13.1. The first-order valence-corrected chi connectivity index (χ1v) is 5.43. The summed E-state index contributed by atoms with van der Waals surface area (Å²) in [6.45, 7) is 0.287. The maximum Gasteiger partial charge on any atom is 0.159 e. The quantitative estimate of drug-likeness (QED) is 0.867. The van der Waals surface area contributed by atoms with Gasteiger partial charge in [-0.2, -0.15) is 0 Å². The second-order valence-electron chi connectivity index (χ2n) is 3.63. The lowest BCUT2D eigenvalue weighted by Crippen LogP contribution is -1.99. The molecule has 0 amide bonds. The van der Waals surface area contributed by atoms with Crippen molar-refractivity contribution in [2.75, 3.05) is 0 Å². The Hall–Kier alpha value is -1.45. The zero-order valence-electron chi connectivity index (χ0n) is 8.88. The predicted molar refractivity (Wildman–Crippen MR) is 64.7 cm³/mol. The van der Waals surface area contributed by atoms with Crippen LogP contribution in [0.4, 0.5) is 8.78 Å². The number of nitrogens with two attached hydrogens (primary N) is 1. The summed E-state index contributed by atoms with van der Waals surface area (Å²) in [5.74, 6) is -1.74. The Labute approximate surface area is 103 Å². The molecule has 0 fully saturated rings. The molecule has 17 heavy (non-hydrogen) atoms. The highest BCUT2D eigenvalue weighted by atomic mass is 35.5. The lowest BCUT2D eigenvalue weighted by atomic mass is 9.99. The summed E-state index contributed by atoms with van der Waals surface area (Å²) >= 11 is 5.85. The highest BCUT2D eigenvalue weighted by Crippen LogP contribution is 2.27. The number of hydrogen-bond acceptors (Lipinski definition) is 1. The molecule has 0 aliphatic rings. The summed E-state index contributed by atoms with van der Waals surface area (Å²) in [7, 11) is 0. The summed E-state index contributed by atoms with van der Waals surface area (Å²) in [6.07, 6.45) is 0. The van der Waals surface area contributed by atoms with Gasteiger partial charge in [0.05, 0.1) is 0 Å². The van der Waals surface area contributed by atoms with Gasteiger partial charge in [-0.1, -0.05) is 23.7 Å². The van der Waals surface area contributed by atoms with Crippen molar-refractivity contribution >= 4 is 11.6 Å². The number of benzene rings is 2. The van der Waals surface area contributed by atoms with Gasteiger partial charge < -0.3 is 5.73 Å². The van der Waals surface area contributed by atoms with E-state index >= 15 is 0 Å². The molecule has 0 atom stereocenters. The molecule has 0 saturated carbocycles. The Morgan fingerprint density at radius 1 is 1.00 bits per heavy atom. The first-order chi connectivity index (χ1) is 8.11. The van der Waals surface area contributed by atoms with Crippen LogP contribution in [-0.4, -0.2) is 0 Å². The van der Waals surface area contributed by atoms with Crippen LogP contribution in [0.1, 0.15) is 5.56 Å². The monoisotopic (exact) mass is 253 g/mol. The van der Waals surface area contributed by atoms with Crippen molar-refractivity contribution in [1.82, 2.24) is 0 Å². The van der Waals surface area contributed by atoms with Crippen LogP contribution in [0.3, 0.4) is 0 Å². The second kappa shape index (κ2) is 4.82. The molecule has 2 rings (SSSR count). The molecule has 0 spiro atoms. The number of halogens is 3. The lowest BCUT2D eigenvalue weighted by molar-refractivity contribution is 0.509. The van der Waals surface area contributed by atoms with E-state index < -0.39 is 11.6 Å². The Bertz CT molecular complexity index is 555. The molecule has 0 bridgehead atoms. The lowest BCUT2D eigenvalue weighted by Gasteiger charge is -2.09. The average Bonchev–Trinajstić information content (AvgIpc) is 2.32. The molecule has 0 aliphatic heterocycles. The van der Waals surface area contributed by atoms with Crippen molar-refractivity contribution in [3.05, 3.63) is 58.6 Å². The molecule has 0 aliphatic carbocycles. The second-order valence-corrected chi connectivity index (χ2v) is 4.07. The van der Waals surface area contributed by atoms with E-state index in [1.807, 2.05) is 0 Å². The molecule has 0 aromatic heterocycles. The molecule has 0 saturated heterocycles. The minimum absolute atomic E-state index is 0.287. The summed E-state index contributed by atoms with van der Waals surface area (Å²) in [5, 5.41) is 0.566. The smallest absolute Gasteiger partial charge is 0.159 e. The van der Waals surface area contributed by atoms with E-state index in [2.05, 4.69) is 0 Å². The van der Waals surface area contributed by atoms with Crippen molar-refractivity contribution < 1.29 is 8.78 Å². The van der Waals surface area contributed by atoms with Gasteiger partial charge in [-0.25, -0.2) is 8.78 Å². The van der Waals surface area contributed by atoms with Crippen LogP contribution in [-0.2, 0) is 6.54 Å². The van der Waals surface area contributed by atoms with Crippen molar-refractivity contribution in [3.63, 3.8) is 0 Å². The standard InChI is InChI=1S/C13H10ClF2N/c14-10-2-3-11(9(5-10)7-17)8-1-4-12(15)13(16)6-8/h1-6H,7,17H2. The molecule has 88 valence electrons. The van der Waals surface area contributed by atoms with Crippen LogP contribution in [0.25, 0.3) is 11.1 Å². The van der Waals surface area contributed by atoms with Gasteiger partial charge in [0.15, 0.2) is 11.6 Å². The molecule has 4 heteroatoms. The van der Waals surface area contributed by atoms with Crippen molar-refractivity contribution in [2.45, 2.75) is 6.54 Å². The average molecular weight is 254 g/mol. The Kier molecular flexibility index (Phi) is 3.41. The van der Waals surface area contributed by atoms with Gasteiger partial charge in [0.1, 0.15) is 0 Å². The van der Waals surface area contributed by atoms with E-state index in [1.54, 1.807) is 18.2 Å². The molecule has 0 radical (unpaired) electrons. The highest BCUT2D eigenvalue weighted by molar-refractivity contribution is 6.30. The van der Waals surface area contributed by atoms with Crippen molar-refractivity contribution in [2.24, 2.45) is 5.73 Å². The van der Waals surface area contributed by atoms with Gasteiger partial charge in [-0.3, -0.25) is 0 Å². The third-order valence-electron chi connectivity index (χ3n) is 2.52. The minimum atomic E-state index is -0.875. The highest BCUT2D eigenvalue weighted by Gasteiger charge is 2.08. The molecular weight excluding hydrogens is 244 g/mol. The molecule has 1 nitrogen and oxygen atoms in total. The summed E-state index contributed by atoms with van der Waals surface area (Å²) < 4.78 is 26.0. The minimum Gasteiger partial charge on any atom is -0.326 e. The molecule has 2 N–H and O–H groups in total. The molecule has 0 unspecified atom stereocenters. The fourth-order valence-corrected chi connectivity index (χ4v) is 1.87. The summed E-state index contributed by atoms with van der Waals surface area (Å²) in [6, 6.07) is 8.92. The van der Waals surface area contributed by atoms with Gasteiger partial charge in [0.25, 0.3) is 0 Å². The zero-order valence-corrected chi connectivity index (χ0v) is 9.64. The van der Waals surface area contributed by atoms with Crippen LogP contribution in [0.2, 0.25) is 5.02 Å². The molecule has 2 aromatic rings. The molecule has 0 heterocycles. The fourth-order valence-electron chi connectivity index (χ4n) is 1.68. The largest absolute Gasteiger partial charge is 0.326 e. The zero-order chi connectivity index (χ0) is 12.4. The normalized spacial score (nSPS) is 10.6. The van der Waals surface area contributed by atoms with Crippen LogP contribution in [0.15, 0.2) is 36.4 Å². The van der Waals surface area contributed by atoms with Gasteiger partial charge in [0.2, 0.25) is 0 Å². The van der Waals surface area contributed by atoms with E-state index in [0.717, 1.165) is 23.3 Å². The maximum absolute atomic E-state index is 13.1. The van der Waals surface area contributed by atoms with Crippen LogP contribution >= 0.6 is 11.6 Å². The predicted octanol–water partition coefficient (Wildman–Crippen LogP) is 3.74. The van der Waals surface area contributed by atoms with Crippen molar-refractivity contribution in [3.8, 4) is 11.1 Å². The fraction of sp³-hybridized carbons (Fsp3) is 0.0769. The van der Waals surface area contributed by atoms with Gasteiger partial charge in [-0.05, 0) is 41.0 Å². The number of rotatable bonds is 2. The third kappa shape index (κ3) is 2.46. The number of hydrogen-bond donors (Lipinski definition) is 1. The third-order valence-corrected chi connectivity index (χ3v) is 2.75. The van der Waals surface area contributed by atoms with E-state index in [1.165, 1.54) is 6.07 Å². The van der Waals surface area contributed by atoms with Crippen LogP contribution < -0.4 is 5.73 Å². The molecular formula is C13H10ClF2N. The van der Waals surface area contributed by atoms with Gasteiger partial charge in [-0.15, -0.1) is 0 Å². The van der Waals surface area contributed by atoms with E-state index in [-0.39, 0.29) is 6.54 Å². The Morgan fingerprint density at radius 2 is 1.76 bits per heavy atom. The van der Waals surface area contributed by atoms with Crippen LogP contribution in [0, 0.1) is 11.6 Å².